The van der Waals surface area contributed by atoms with Crippen molar-refractivity contribution in [2.75, 3.05) is 22.5 Å². The van der Waals surface area contributed by atoms with Crippen LogP contribution in [0.3, 0.4) is 0 Å². The van der Waals surface area contributed by atoms with Crippen LogP contribution in [0.1, 0.15) is 27.2 Å². The van der Waals surface area contributed by atoms with Crippen LogP contribution in [0.4, 0.5) is 11.4 Å². The van der Waals surface area contributed by atoms with E-state index in [4.69, 9.17) is 4.42 Å². The van der Waals surface area contributed by atoms with Crippen LogP contribution in [0.25, 0.3) is 17.4 Å². The Kier molecular flexibility index (Phi) is 8.94. The molecule has 0 spiro atoms. The minimum atomic E-state index is -0.504. The van der Waals surface area contributed by atoms with Crippen LogP contribution in [-0.2, 0) is 16.0 Å². The lowest BCUT2D eigenvalue weighted by Gasteiger charge is -2.17. The van der Waals surface area contributed by atoms with E-state index in [1.165, 1.54) is 23.4 Å². The van der Waals surface area contributed by atoms with Crippen molar-refractivity contribution < 1.29 is 18.8 Å². The normalized spacial score (nSPS) is 12.5. The third-order valence-electron chi connectivity index (χ3n) is 7.44. The van der Waals surface area contributed by atoms with Gasteiger partial charge in [0.2, 0.25) is 5.91 Å². The van der Waals surface area contributed by atoms with Crippen LogP contribution < -0.4 is 15.5 Å². The summed E-state index contributed by atoms with van der Waals surface area (Å²) in [5.41, 5.74) is 5.23. The second kappa shape index (κ2) is 13.5. The molecule has 0 saturated heterocycles. The molecule has 7 nitrogen and oxygen atoms in total. The highest BCUT2D eigenvalue weighted by atomic mass is 32.2. The Balaban J connectivity index is 1.14. The van der Waals surface area contributed by atoms with Crippen LogP contribution in [0.15, 0.2) is 130 Å². The second-order valence-corrected chi connectivity index (χ2v) is 11.7. The molecule has 0 bridgehead atoms. The molecule has 8 heteroatoms. The van der Waals surface area contributed by atoms with E-state index in [2.05, 4.69) is 16.7 Å². The summed E-state index contributed by atoms with van der Waals surface area (Å²) in [6.45, 7) is 2.72. The van der Waals surface area contributed by atoms with Gasteiger partial charge in [-0.1, -0.05) is 66.2 Å². The number of carbonyl (C=O) groups is 3. The topological polar surface area (TPSA) is 91.7 Å². The van der Waals surface area contributed by atoms with Gasteiger partial charge in [-0.2, -0.15) is 0 Å². The first-order valence-electron chi connectivity index (χ1n) is 14.6. The second-order valence-electron chi connectivity index (χ2n) is 10.6. The Labute approximate surface area is 266 Å². The quantitative estimate of drug-likeness (QED) is 0.134. The van der Waals surface area contributed by atoms with Crippen LogP contribution in [-0.4, -0.2) is 30.0 Å². The third-order valence-corrected chi connectivity index (χ3v) is 8.44. The molecule has 4 aromatic carbocycles. The molecule has 1 aliphatic rings. The van der Waals surface area contributed by atoms with E-state index in [0.717, 1.165) is 28.1 Å². The number of carbonyl (C=O) groups excluding carboxylic acids is 3. The summed E-state index contributed by atoms with van der Waals surface area (Å²) in [5, 5.41) is 5.60. The van der Waals surface area contributed by atoms with E-state index in [1.807, 2.05) is 78.6 Å². The first kappa shape index (κ1) is 29.7. The predicted octanol–water partition coefficient (Wildman–Crippen LogP) is 7.35. The molecule has 5 aromatic rings. The van der Waals surface area contributed by atoms with Crippen molar-refractivity contribution in [3.05, 3.63) is 143 Å². The number of furan rings is 1. The standard InChI is InChI=1S/C37H31N3O4S/c1-25-11-13-27(14-12-25)34-20-17-30(44-34)23-32(39-36(42)28-8-3-2-4-9-28)37(43)38-29-15-18-31(19-16-29)45-24-35(41)40-22-21-26-7-5-6-10-33(26)40/h2-20,23H,21-22,24H2,1H3,(H,38,43)(H,39,42)/b32-23-. The molecular weight excluding hydrogens is 582 g/mol. The van der Waals surface area contributed by atoms with Crippen molar-refractivity contribution in [1.29, 1.82) is 0 Å². The maximum atomic E-state index is 13.5. The third kappa shape index (κ3) is 7.25. The van der Waals surface area contributed by atoms with Gasteiger partial charge >= 0.3 is 0 Å². The van der Waals surface area contributed by atoms with E-state index in [1.54, 1.807) is 42.5 Å². The number of nitrogens with zero attached hydrogens (tertiary/aromatic N) is 1. The number of hydrogen-bond donors (Lipinski definition) is 2. The van der Waals surface area contributed by atoms with Gasteiger partial charge in [0, 0.05) is 40.0 Å². The number of nitrogens with one attached hydrogen (secondary N) is 2. The molecule has 6 rings (SSSR count). The predicted molar refractivity (Wildman–Crippen MR) is 179 cm³/mol. The highest BCUT2D eigenvalue weighted by molar-refractivity contribution is 8.00. The van der Waals surface area contributed by atoms with Gasteiger partial charge in [0.25, 0.3) is 11.8 Å². The summed E-state index contributed by atoms with van der Waals surface area (Å²) in [4.78, 5) is 42.1. The number of anilines is 2. The van der Waals surface area contributed by atoms with Crippen LogP contribution in [0, 0.1) is 6.92 Å². The van der Waals surface area contributed by atoms with Crippen molar-refractivity contribution in [1.82, 2.24) is 5.32 Å². The van der Waals surface area contributed by atoms with Gasteiger partial charge in [0.05, 0.1) is 5.75 Å². The number of aryl methyl sites for hydroxylation is 1. The fraction of sp³-hybridized carbons (Fsp3) is 0.108. The van der Waals surface area contributed by atoms with Gasteiger partial charge in [-0.3, -0.25) is 14.4 Å². The average molecular weight is 614 g/mol. The minimum absolute atomic E-state index is 0.0311. The SMILES string of the molecule is Cc1ccc(-c2ccc(/C=C(\NC(=O)c3ccccc3)C(=O)Nc3ccc(SCC(=O)N4CCc5ccccc54)cc3)o2)cc1. The summed E-state index contributed by atoms with van der Waals surface area (Å²) in [6.07, 6.45) is 2.39. The lowest BCUT2D eigenvalue weighted by atomic mass is 10.1. The number of rotatable bonds is 9. The number of amides is 3. The lowest BCUT2D eigenvalue weighted by Crippen LogP contribution is -2.30. The summed E-state index contributed by atoms with van der Waals surface area (Å²) in [5.74, 6) is 0.522. The van der Waals surface area contributed by atoms with E-state index in [0.29, 0.717) is 35.1 Å². The van der Waals surface area contributed by atoms with Gasteiger partial charge in [-0.15, -0.1) is 11.8 Å². The lowest BCUT2D eigenvalue weighted by molar-refractivity contribution is -0.116. The molecule has 0 radical (unpaired) electrons. The van der Waals surface area contributed by atoms with Crippen molar-refractivity contribution in [3.8, 4) is 11.3 Å². The monoisotopic (exact) mass is 613 g/mol. The Morgan fingerprint density at radius 3 is 2.36 bits per heavy atom. The molecule has 0 atom stereocenters. The molecule has 0 fully saturated rings. The van der Waals surface area contributed by atoms with Crippen molar-refractivity contribution in [2.24, 2.45) is 0 Å². The van der Waals surface area contributed by atoms with Gasteiger partial charge < -0.3 is 20.0 Å². The van der Waals surface area contributed by atoms with Gasteiger partial charge in [0.1, 0.15) is 17.2 Å². The fourth-order valence-electron chi connectivity index (χ4n) is 5.04. The maximum absolute atomic E-state index is 13.5. The molecule has 0 aliphatic carbocycles. The zero-order chi connectivity index (χ0) is 31.2. The Morgan fingerprint density at radius 2 is 1.58 bits per heavy atom. The molecule has 1 aliphatic heterocycles. The highest BCUT2D eigenvalue weighted by Crippen LogP contribution is 2.29. The average Bonchev–Trinajstić information content (AvgIpc) is 3.72. The van der Waals surface area contributed by atoms with E-state index < -0.39 is 11.8 Å². The Morgan fingerprint density at radius 1 is 0.844 bits per heavy atom. The van der Waals surface area contributed by atoms with Crippen LogP contribution in [0.5, 0.6) is 0 Å². The number of benzene rings is 4. The highest BCUT2D eigenvalue weighted by Gasteiger charge is 2.24. The first-order chi connectivity index (χ1) is 21.9. The van der Waals surface area contributed by atoms with Gasteiger partial charge in [-0.25, -0.2) is 0 Å². The van der Waals surface area contributed by atoms with E-state index in [-0.39, 0.29) is 11.6 Å². The van der Waals surface area contributed by atoms with Crippen LogP contribution in [0.2, 0.25) is 0 Å². The first-order valence-corrected chi connectivity index (χ1v) is 15.6. The fourth-order valence-corrected chi connectivity index (χ4v) is 5.82. The zero-order valence-electron chi connectivity index (χ0n) is 24.7. The smallest absolute Gasteiger partial charge is 0.272 e. The zero-order valence-corrected chi connectivity index (χ0v) is 25.5. The van der Waals surface area contributed by atoms with Crippen molar-refractivity contribution in [3.63, 3.8) is 0 Å². The summed E-state index contributed by atoms with van der Waals surface area (Å²) in [7, 11) is 0. The molecule has 0 saturated carbocycles. The summed E-state index contributed by atoms with van der Waals surface area (Å²) in [6, 6.07) is 35.5. The summed E-state index contributed by atoms with van der Waals surface area (Å²) >= 11 is 1.45. The van der Waals surface area contributed by atoms with Crippen molar-refractivity contribution in [2.45, 2.75) is 18.2 Å². The molecule has 224 valence electrons. The van der Waals surface area contributed by atoms with Gasteiger partial charge in [0.15, 0.2) is 0 Å². The molecule has 1 aromatic heterocycles. The Bertz CT molecular complexity index is 1860. The molecular formula is C37H31N3O4S. The largest absolute Gasteiger partial charge is 0.457 e. The number of thioether (sulfide) groups is 1. The number of hydrogen-bond acceptors (Lipinski definition) is 5. The molecule has 2 heterocycles. The van der Waals surface area contributed by atoms with Gasteiger partial charge in [-0.05, 0) is 73.5 Å². The molecule has 2 N–H and O–H groups in total. The van der Waals surface area contributed by atoms with Crippen molar-refractivity contribution >= 4 is 46.9 Å². The molecule has 0 unspecified atom stereocenters. The van der Waals surface area contributed by atoms with E-state index in [9.17, 15) is 14.4 Å². The summed E-state index contributed by atoms with van der Waals surface area (Å²) < 4.78 is 6.00. The molecule has 45 heavy (non-hydrogen) atoms. The maximum Gasteiger partial charge on any atom is 0.272 e. The molecule has 3 amide bonds. The van der Waals surface area contributed by atoms with E-state index >= 15 is 0 Å². The van der Waals surface area contributed by atoms with Crippen LogP contribution >= 0.6 is 11.8 Å². The number of fused-ring (bicyclic) bond motifs is 1. The number of para-hydroxylation sites is 1. The Hall–Kier alpha value is -5.34. The minimum Gasteiger partial charge on any atom is -0.457 e.